The molecular weight excluding hydrogens is 553 g/mol. The first kappa shape index (κ1) is 25.4. The van der Waals surface area contributed by atoms with Crippen LogP contribution in [0.3, 0.4) is 0 Å². The molecule has 10 rings (SSSR count). The van der Waals surface area contributed by atoms with Crippen molar-refractivity contribution in [3.63, 3.8) is 0 Å². The van der Waals surface area contributed by atoms with E-state index in [0.29, 0.717) is 0 Å². The van der Waals surface area contributed by atoms with Gasteiger partial charge >= 0.3 is 0 Å². The van der Waals surface area contributed by atoms with Crippen LogP contribution in [0, 0.1) is 0 Å². The van der Waals surface area contributed by atoms with Crippen LogP contribution in [0.2, 0.25) is 0 Å². The van der Waals surface area contributed by atoms with Gasteiger partial charge < -0.3 is 0 Å². The molecule has 0 aromatic heterocycles. The fourth-order valence-corrected chi connectivity index (χ4v) is 8.12. The highest BCUT2D eigenvalue weighted by Gasteiger charge is 2.29. The topological polar surface area (TPSA) is 0 Å². The molecule has 1 aliphatic carbocycles. The number of rotatable bonds is 3. The van der Waals surface area contributed by atoms with Gasteiger partial charge in [0.15, 0.2) is 0 Å². The Labute approximate surface area is 267 Å². The predicted octanol–water partition coefficient (Wildman–Crippen LogP) is 12.9. The van der Waals surface area contributed by atoms with Gasteiger partial charge in [0.2, 0.25) is 0 Å². The third kappa shape index (κ3) is 3.50. The van der Waals surface area contributed by atoms with Crippen LogP contribution in [-0.2, 0) is 0 Å². The van der Waals surface area contributed by atoms with E-state index in [4.69, 9.17) is 0 Å². The van der Waals surface area contributed by atoms with Crippen molar-refractivity contribution in [1.29, 1.82) is 0 Å². The minimum absolute atomic E-state index is 1.24. The molecular formula is C46H28. The van der Waals surface area contributed by atoms with E-state index in [1.54, 1.807) is 0 Å². The summed E-state index contributed by atoms with van der Waals surface area (Å²) in [6.07, 6.45) is 0. The van der Waals surface area contributed by atoms with Crippen molar-refractivity contribution in [2.75, 3.05) is 0 Å². The lowest BCUT2D eigenvalue weighted by Crippen LogP contribution is -1.92. The predicted molar refractivity (Wildman–Crippen MR) is 197 cm³/mol. The quantitative estimate of drug-likeness (QED) is 0.144. The Bertz CT molecular complexity index is 2650. The van der Waals surface area contributed by atoms with Gasteiger partial charge in [0, 0.05) is 0 Å². The van der Waals surface area contributed by atoms with Gasteiger partial charge in [-0.1, -0.05) is 158 Å². The Hall–Kier alpha value is -5.98. The van der Waals surface area contributed by atoms with Crippen molar-refractivity contribution in [3.05, 3.63) is 170 Å². The molecule has 9 aromatic carbocycles. The Kier molecular flexibility index (Phi) is 5.38. The molecule has 46 heavy (non-hydrogen) atoms. The van der Waals surface area contributed by atoms with Crippen molar-refractivity contribution in [1.82, 2.24) is 0 Å². The average molecular weight is 581 g/mol. The van der Waals surface area contributed by atoms with Gasteiger partial charge in [-0.15, -0.1) is 0 Å². The highest BCUT2D eigenvalue weighted by atomic mass is 14.3. The van der Waals surface area contributed by atoms with Gasteiger partial charge in [0.25, 0.3) is 0 Å². The fraction of sp³-hybridized carbons (Fsp3) is 0. The smallest absolute Gasteiger partial charge is 0.000763 e. The van der Waals surface area contributed by atoms with Crippen LogP contribution in [0.5, 0.6) is 0 Å². The maximum atomic E-state index is 2.52. The van der Waals surface area contributed by atoms with E-state index in [9.17, 15) is 0 Å². The summed E-state index contributed by atoms with van der Waals surface area (Å²) >= 11 is 0. The standard InChI is InChI=1S/C46H28/c1-4-15-29(16-5-1)42-35-23-12-13-24-36(35)43(30-17-6-2-7-18-30)41-28-39-38(27-40(41)42)37-26-14-25-34-32-21-10-11-22-33(32)44(46(39)45(34)37)31-19-8-3-9-20-31/h1-28H. The minimum Gasteiger partial charge on any atom is -0.0622 e. The fourth-order valence-electron chi connectivity index (χ4n) is 8.12. The Morgan fingerprint density at radius 3 is 1.17 bits per heavy atom. The average Bonchev–Trinajstić information content (AvgIpc) is 3.45. The first-order chi connectivity index (χ1) is 22.9. The number of hydrogen-bond acceptors (Lipinski definition) is 0. The molecule has 0 saturated heterocycles. The minimum atomic E-state index is 1.24. The molecule has 0 N–H and O–H groups in total. The second kappa shape index (κ2) is 9.76. The molecule has 0 nitrogen and oxygen atoms in total. The monoisotopic (exact) mass is 580 g/mol. The molecule has 0 radical (unpaired) electrons. The van der Waals surface area contributed by atoms with E-state index in [2.05, 4.69) is 170 Å². The van der Waals surface area contributed by atoms with E-state index < -0.39 is 0 Å². The number of hydrogen-bond donors (Lipinski definition) is 0. The van der Waals surface area contributed by atoms with Crippen LogP contribution in [-0.4, -0.2) is 0 Å². The van der Waals surface area contributed by atoms with Crippen molar-refractivity contribution >= 4 is 43.1 Å². The summed E-state index contributed by atoms with van der Waals surface area (Å²) in [7, 11) is 0. The van der Waals surface area contributed by atoms with Crippen molar-refractivity contribution in [3.8, 4) is 55.6 Å². The van der Waals surface area contributed by atoms with Crippen molar-refractivity contribution < 1.29 is 0 Å². The lowest BCUT2D eigenvalue weighted by atomic mass is 9.83. The molecule has 0 fully saturated rings. The van der Waals surface area contributed by atoms with Gasteiger partial charge in [-0.2, -0.15) is 0 Å². The van der Waals surface area contributed by atoms with E-state index in [0.717, 1.165) is 0 Å². The molecule has 0 unspecified atom stereocenters. The van der Waals surface area contributed by atoms with E-state index in [-0.39, 0.29) is 0 Å². The molecule has 0 atom stereocenters. The first-order valence-corrected chi connectivity index (χ1v) is 16.0. The molecule has 0 bridgehead atoms. The molecule has 9 aromatic rings. The second-order valence-corrected chi connectivity index (χ2v) is 12.4. The zero-order valence-electron chi connectivity index (χ0n) is 25.2. The van der Waals surface area contributed by atoms with Crippen LogP contribution >= 0.6 is 0 Å². The highest BCUT2D eigenvalue weighted by molar-refractivity contribution is 6.31. The molecule has 0 saturated carbocycles. The second-order valence-electron chi connectivity index (χ2n) is 12.4. The van der Waals surface area contributed by atoms with Crippen LogP contribution in [0.15, 0.2) is 170 Å². The summed E-state index contributed by atoms with van der Waals surface area (Å²) in [4.78, 5) is 0. The maximum absolute atomic E-state index is 2.52. The van der Waals surface area contributed by atoms with E-state index in [1.807, 2.05) is 0 Å². The normalized spacial score (nSPS) is 11.9. The summed E-state index contributed by atoms with van der Waals surface area (Å²) in [6, 6.07) is 62.6. The van der Waals surface area contributed by atoms with Crippen LogP contribution in [0.4, 0.5) is 0 Å². The zero-order chi connectivity index (χ0) is 30.2. The third-order valence-electron chi connectivity index (χ3n) is 9.96. The molecule has 1 aliphatic rings. The van der Waals surface area contributed by atoms with E-state index >= 15 is 0 Å². The molecule has 0 aliphatic heterocycles. The summed E-state index contributed by atoms with van der Waals surface area (Å²) in [5.41, 5.74) is 12.9. The van der Waals surface area contributed by atoms with Gasteiger partial charge in [0.05, 0.1) is 0 Å². The number of fused-ring (bicyclic) bond motifs is 7. The highest BCUT2D eigenvalue weighted by Crippen LogP contribution is 2.56. The lowest BCUT2D eigenvalue weighted by Gasteiger charge is -2.20. The van der Waals surface area contributed by atoms with Crippen LogP contribution < -0.4 is 0 Å². The third-order valence-corrected chi connectivity index (χ3v) is 9.96. The van der Waals surface area contributed by atoms with Gasteiger partial charge in [-0.05, 0) is 111 Å². The Morgan fingerprint density at radius 2 is 0.630 bits per heavy atom. The molecule has 0 spiro atoms. The SMILES string of the molecule is c1ccc(-c2c3ccccc3c(-c3ccccc3)c3cc4c(cc23)-c2cccc3c2c-4c(-c2ccccc2)c2ccccc23)cc1. The van der Waals surface area contributed by atoms with Crippen molar-refractivity contribution in [2.24, 2.45) is 0 Å². The summed E-state index contributed by atoms with van der Waals surface area (Å²) in [6.45, 7) is 0. The Balaban J connectivity index is 1.45. The molecule has 0 heteroatoms. The van der Waals surface area contributed by atoms with E-state index in [1.165, 1.54) is 98.7 Å². The Morgan fingerprint density at radius 1 is 0.217 bits per heavy atom. The summed E-state index contributed by atoms with van der Waals surface area (Å²) in [5.74, 6) is 0. The van der Waals surface area contributed by atoms with Gasteiger partial charge in [-0.3, -0.25) is 0 Å². The van der Waals surface area contributed by atoms with Crippen LogP contribution in [0.1, 0.15) is 0 Å². The molecule has 0 amide bonds. The van der Waals surface area contributed by atoms with Gasteiger partial charge in [0.1, 0.15) is 0 Å². The largest absolute Gasteiger partial charge is 0.0622 e. The van der Waals surface area contributed by atoms with Crippen LogP contribution in [0.25, 0.3) is 98.7 Å². The van der Waals surface area contributed by atoms with Gasteiger partial charge in [-0.25, -0.2) is 0 Å². The summed E-state index contributed by atoms with van der Waals surface area (Å²) in [5, 5.41) is 10.4. The lowest BCUT2D eigenvalue weighted by molar-refractivity contribution is 1.64. The number of benzene rings is 9. The zero-order valence-corrected chi connectivity index (χ0v) is 25.2. The first-order valence-electron chi connectivity index (χ1n) is 16.0. The maximum Gasteiger partial charge on any atom is -0.000763 e. The summed E-state index contributed by atoms with van der Waals surface area (Å²) < 4.78 is 0. The molecule has 212 valence electrons. The van der Waals surface area contributed by atoms with Crippen molar-refractivity contribution in [2.45, 2.75) is 0 Å². The molecule has 0 heterocycles.